The van der Waals surface area contributed by atoms with Gasteiger partial charge in [0.15, 0.2) is 0 Å². The first-order chi connectivity index (χ1) is 11.6. The van der Waals surface area contributed by atoms with Gasteiger partial charge in [-0.1, -0.05) is 29.5 Å². The lowest BCUT2D eigenvalue weighted by Gasteiger charge is -2.24. The van der Waals surface area contributed by atoms with Crippen molar-refractivity contribution in [2.75, 3.05) is 12.4 Å². The molecule has 0 spiro atoms. The number of hydrogen-bond acceptors (Lipinski definition) is 6. The molecule has 2 aromatic heterocycles. The summed E-state index contributed by atoms with van der Waals surface area (Å²) in [4.78, 5) is 14.3. The zero-order chi connectivity index (χ0) is 16.9. The van der Waals surface area contributed by atoms with Crippen LogP contribution < -0.4 is 5.32 Å². The van der Waals surface area contributed by atoms with Crippen molar-refractivity contribution >= 4 is 22.4 Å². The number of aromatic nitrogens is 4. The maximum Gasteiger partial charge on any atom is 0.243 e. The topological polar surface area (TPSA) is 75.9 Å². The minimum Gasteiger partial charge on any atom is -0.299 e. The minimum absolute atomic E-state index is 0.106. The first-order valence-electron chi connectivity index (χ1n) is 7.50. The molecule has 0 aliphatic heterocycles. The van der Waals surface area contributed by atoms with E-state index in [2.05, 4.69) is 20.6 Å². The van der Waals surface area contributed by atoms with Crippen LogP contribution in [-0.2, 0) is 11.3 Å². The summed E-state index contributed by atoms with van der Waals surface area (Å²) >= 11 is 1.30. The van der Waals surface area contributed by atoms with Crippen LogP contribution in [0.5, 0.6) is 0 Å². The predicted molar refractivity (Wildman–Crippen MR) is 93.0 cm³/mol. The van der Waals surface area contributed by atoms with Gasteiger partial charge in [-0.15, -0.1) is 10.2 Å². The van der Waals surface area contributed by atoms with Crippen molar-refractivity contribution in [1.29, 1.82) is 0 Å². The van der Waals surface area contributed by atoms with Crippen molar-refractivity contribution in [1.82, 2.24) is 24.9 Å². The molecule has 0 fully saturated rings. The van der Waals surface area contributed by atoms with E-state index in [0.29, 0.717) is 11.7 Å². The van der Waals surface area contributed by atoms with Gasteiger partial charge in [0.05, 0.1) is 11.7 Å². The molecule has 1 unspecified atom stereocenters. The van der Waals surface area contributed by atoms with Gasteiger partial charge in [-0.2, -0.15) is 5.10 Å². The van der Waals surface area contributed by atoms with E-state index in [0.717, 1.165) is 11.3 Å². The summed E-state index contributed by atoms with van der Waals surface area (Å²) in [5, 5.41) is 15.1. The Hall–Kier alpha value is -2.58. The van der Waals surface area contributed by atoms with Crippen molar-refractivity contribution in [3.05, 3.63) is 53.8 Å². The zero-order valence-corrected chi connectivity index (χ0v) is 14.3. The van der Waals surface area contributed by atoms with Gasteiger partial charge in [0, 0.05) is 18.9 Å². The number of nitrogens with one attached hydrogen (secondary N) is 1. The van der Waals surface area contributed by atoms with Crippen LogP contribution in [0.15, 0.2) is 48.2 Å². The fourth-order valence-corrected chi connectivity index (χ4v) is 2.77. The molecule has 1 amide bonds. The molecule has 0 aliphatic rings. The third-order valence-electron chi connectivity index (χ3n) is 3.79. The molecule has 8 heteroatoms. The van der Waals surface area contributed by atoms with Crippen molar-refractivity contribution in [3.63, 3.8) is 0 Å². The maximum absolute atomic E-state index is 12.3. The summed E-state index contributed by atoms with van der Waals surface area (Å²) in [6, 6.07) is 9.61. The maximum atomic E-state index is 12.3. The highest BCUT2D eigenvalue weighted by atomic mass is 32.1. The lowest BCUT2D eigenvalue weighted by molar-refractivity contribution is -0.120. The summed E-state index contributed by atoms with van der Waals surface area (Å²) < 4.78 is 1.83. The molecular formula is C16H18N6OS. The van der Waals surface area contributed by atoms with Gasteiger partial charge in [0.25, 0.3) is 0 Å². The SMILES string of the molecule is CC(C(=O)Nc1nncs1)N(C)Cc1ccccc1-n1cccn1. The first-order valence-corrected chi connectivity index (χ1v) is 8.38. The van der Waals surface area contributed by atoms with Crippen LogP contribution in [0.3, 0.4) is 0 Å². The van der Waals surface area contributed by atoms with Crippen molar-refractivity contribution in [2.45, 2.75) is 19.5 Å². The van der Waals surface area contributed by atoms with E-state index in [-0.39, 0.29) is 11.9 Å². The molecule has 1 atom stereocenters. The van der Waals surface area contributed by atoms with Crippen LogP contribution in [0.2, 0.25) is 0 Å². The molecule has 124 valence electrons. The Labute approximate surface area is 143 Å². The molecule has 3 aromatic rings. The Balaban J connectivity index is 1.70. The Bertz CT molecular complexity index is 787. The van der Waals surface area contributed by atoms with Gasteiger partial charge in [-0.05, 0) is 31.7 Å². The smallest absolute Gasteiger partial charge is 0.243 e. The fraction of sp³-hybridized carbons (Fsp3) is 0.250. The molecule has 0 saturated carbocycles. The quantitative estimate of drug-likeness (QED) is 0.743. The molecule has 0 bridgehead atoms. The van der Waals surface area contributed by atoms with E-state index in [1.54, 1.807) is 11.7 Å². The average Bonchev–Trinajstić information content (AvgIpc) is 3.28. The molecule has 0 radical (unpaired) electrons. The van der Waals surface area contributed by atoms with Crippen LogP contribution in [0.1, 0.15) is 12.5 Å². The molecule has 3 rings (SSSR count). The summed E-state index contributed by atoms with van der Waals surface area (Å²) in [5.41, 5.74) is 3.69. The van der Waals surface area contributed by atoms with E-state index in [4.69, 9.17) is 0 Å². The first kappa shape index (κ1) is 16.3. The number of nitrogens with zero attached hydrogens (tertiary/aromatic N) is 5. The molecule has 2 heterocycles. The standard InChI is InChI=1S/C16H18N6OS/c1-12(15(23)19-16-20-17-11-24-16)21(2)10-13-6-3-4-7-14(13)22-9-5-8-18-22/h3-9,11-12H,10H2,1-2H3,(H,19,20,23). The van der Waals surface area contributed by atoms with Crippen LogP contribution in [0.25, 0.3) is 5.69 Å². The van der Waals surface area contributed by atoms with Crippen LogP contribution in [-0.4, -0.2) is 43.9 Å². The second-order valence-electron chi connectivity index (χ2n) is 5.40. The van der Waals surface area contributed by atoms with Gasteiger partial charge < -0.3 is 0 Å². The Morgan fingerprint density at radius 1 is 1.38 bits per heavy atom. The number of benzene rings is 1. The van der Waals surface area contributed by atoms with Crippen molar-refractivity contribution < 1.29 is 4.79 Å². The normalized spacial score (nSPS) is 12.3. The second-order valence-corrected chi connectivity index (χ2v) is 6.24. The number of carbonyl (C=O) groups excluding carboxylic acids is 1. The van der Waals surface area contributed by atoms with Crippen molar-refractivity contribution in [3.8, 4) is 5.69 Å². The zero-order valence-electron chi connectivity index (χ0n) is 13.5. The Kier molecular flexibility index (Phi) is 4.97. The summed E-state index contributed by atoms with van der Waals surface area (Å²) in [7, 11) is 1.92. The third kappa shape index (κ3) is 3.66. The molecule has 0 aliphatic carbocycles. The largest absolute Gasteiger partial charge is 0.299 e. The highest BCUT2D eigenvalue weighted by molar-refractivity contribution is 7.13. The van der Waals surface area contributed by atoms with Crippen molar-refractivity contribution in [2.24, 2.45) is 0 Å². The van der Waals surface area contributed by atoms with Gasteiger partial charge in [0.1, 0.15) is 5.51 Å². The minimum atomic E-state index is -0.306. The predicted octanol–water partition coefficient (Wildman–Crippen LogP) is 2.18. The number of carbonyl (C=O) groups is 1. The van der Waals surface area contributed by atoms with Crippen LogP contribution in [0, 0.1) is 0 Å². The third-order valence-corrected chi connectivity index (χ3v) is 4.40. The molecular weight excluding hydrogens is 324 g/mol. The van der Waals surface area contributed by atoms with Gasteiger partial charge in [-0.25, -0.2) is 4.68 Å². The number of rotatable bonds is 6. The summed E-state index contributed by atoms with van der Waals surface area (Å²) in [5.74, 6) is -0.106. The summed E-state index contributed by atoms with van der Waals surface area (Å²) in [6.07, 6.45) is 3.66. The van der Waals surface area contributed by atoms with E-state index in [9.17, 15) is 4.79 Å². The molecule has 24 heavy (non-hydrogen) atoms. The number of anilines is 1. The van der Waals surface area contributed by atoms with Crippen LogP contribution in [0.4, 0.5) is 5.13 Å². The Morgan fingerprint density at radius 3 is 2.92 bits per heavy atom. The van der Waals surface area contributed by atoms with E-state index < -0.39 is 0 Å². The molecule has 1 N–H and O–H groups in total. The van der Waals surface area contributed by atoms with Gasteiger partial charge >= 0.3 is 0 Å². The monoisotopic (exact) mass is 342 g/mol. The summed E-state index contributed by atoms with van der Waals surface area (Å²) in [6.45, 7) is 2.49. The van der Waals surface area contributed by atoms with Gasteiger partial charge in [-0.3, -0.25) is 15.0 Å². The average molecular weight is 342 g/mol. The number of para-hydroxylation sites is 1. The number of hydrogen-bond donors (Lipinski definition) is 1. The number of likely N-dealkylation sites (N-methyl/N-ethyl adjacent to an activating group) is 1. The van der Waals surface area contributed by atoms with E-state index in [1.807, 2.05) is 60.1 Å². The molecule has 1 aromatic carbocycles. The molecule has 0 saturated heterocycles. The number of amides is 1. The highest BCUT2D eigenvalue weighted by Crippen LogP contribution is 2.17. The second kappa shape index (κ2) is 7.33. The Morgan fingerprint density at radius 2 is 2.21 bits per heavy atom. The fourth-order valence-electron chi connectivity index (χ4n) is 2.32. The molecule has 7 nitrogen and oxygen atoms in total. The van der Waals surface area contributed by atoms with E-state index in [1.165, 1.54) is 11.3 Å². The van der Waals surface area contributed by atoms with Crippen LogP contribution >= 0.6 is 11.3 Å². The van der Waals surface area contributed by atoms with Gasteiger partial charge in [0.2, 0.25) is 11.0 Å². The van der Waals surface area contributed by atoms with E-state index >= 15 is 0 Å². The lowest BCUT2D eigenvalue weighted by atomic mass is 10.1. The lowest BCUT2D eigenvalue weighted by Crippen LogP contribution is -2.39. The highest BCUT2D eigenvalue weighted by Gasteiger charge is 2.20.